The third-order valence-corrected chi connectivity index (χ3v) is 7.75. The molecule has 2 aliphatic rings. The highest BCUT2D eigenvalue weighted by Gasteiger charge is 2.46. The van der Waals surface area contributed by atoms with E-state index in [0.717, 1.165) is 33.9 Å². The van der Waals surface area contributed by atoms with Crippen molar-refractivity contribution < 1.29 is 0 Å². The van der Waals surface area contributed by atoms with Gasteiger partial charge in [-0.15, -0.1) is 0 Å². The lowest BCUT2D eigenvalue weighted by Gasteiger charge is -2.32. The molecule has 4 heteroatoms. The molecule has 3 aromatic rings. The van der Waals surface area contributed by atoms with Crippen LogP contribution in [0, 0.1) is 0 Å². The number of benzene rings is 2. The highest BCUT2D eigenvalue weighted by atomic mass is 16.1. The average molecular weight is 455 g/mol. The SMILES string of the molecule is CC(C)N1C(=c2c(=O)c(=C3N(C(C)C)c4ccccc4C3(C)C)c2=O)C(C)(C)c2ccccc21. The van der Waals surface area contributed by atoms with Gasteiger partial charge in [0, 0.05) is 45.7 Å². The van der Waals surface area contributed by atoms with Crippen LogP contribution in [0.5, 0.6) is 0 Å². The molecule has 3 aromatic carbocycles. The first-order valence-corrected chi connectivity index (χ1v) is 12.3. The summed E-state index contributed by atoms with van der Waals surface area (Å²) in [6.07, 6.45) is 0. The maximum atomic E-state index is 14.0. The second-order valence-corrected chi connectivity index (χ2v) is 11.3. The van der Waals surface area contributed by atoms with Crippen molar-refractivity contribution in [2.45, 2.75) is 78.3 Å². The Morgan fingerprint density at radius 3 is 1.24 bits per heavy atom. The van der Waals surface area contributed by atoms with Gasteiger partial charge in [0.2, 0.25) is 10.9 Å². The third kappa shape index (κ3) is 2.71. The number of hydrogen-bond donors (Lipinski definition) is 0. The van der Waals surface area contributed by atoms with E-state index in [4.69, 9.17) is 0 Å². The Kier molecular flexibility index (Phi) is 4.78. The van der Waals surface area contributed by atoms with E-state index in [9.17, 15) is 9.59 Å². The smallest absolute Gasteiger partial charge is 0.204 e. The molecule has 0 N–H and O–H groups in total. The Labute approximate surface area is 201 Å². The molecule has 0 radical (unpaired) electrons. The molecule has 4 nitrogen and oxygen atoms in total. The molecule has 0 aliphatic carbocycles. The molecule has 0 aromatic heterocycles. The fourth-order valence-electron chi connectivity index (χ4n) is 6.29. The highest BCUT2D eigenvalue weighted by Crippen LogP contribution is 2.50. The molecule has 2 aliphatic heterocycles. The summed E-state index contributed by atoms with van der Waals surface area (Å²) in [5.74, 6) is 0. The third-order valence-electron chi connectivity index (χ3n) is 7.75. The first-order chi connectivity index (χ1) is 15.9. The normalized spacial score (nSPS) is 18.4. The van der Waals surface area contributed by atoms with Crippen molar-refractivity contribution in [2.24, 2.45) is 0 Å². The van der Waals surface area contributed by atoms with Crippen molar-refractivity contribution >= 4 is 22.8 Å². The molecule has 0 bridgehead atoms. The molecule has 0 saturated heterocycles. The number of rotatable bonds is 2. The molecule has 5 rings (SSSR count). The van der Waals surface area contributed by atoms with Crippen molar-refractivity contribution in [3.05, 3.63) is 90.5 Å². The van der Waals surface area contributed by atoms with E-state index in [1.54, 1.807) is 0 Å². The predicted octanol–water partition coefficient (Wildman–Crippen LogP) is 3.91. The molecule has 0 amide bonds. The summed E-state index contributed by atoms with van der Waals surface area (Å²) in [4.78, 5) is 32.3. The van der Waals surface area contributed by atoms with Crippen LogP contribution in [-0.2, 0) is 10.8 Å². The Morgan fingerprint density at radius 1 is 0.588 bits per heavy atom. The van der Waals surface area contributed by atoms with Crippen molar-refractivity contribution in [2.75, 3.05) is 9.80 Å². The maximum Gasteiger partial charge on any atom is 0.204 e. The van der Waals surface area contributed by atoms with Crippen LogP contribution < -0.4 is 31.1 Å². The van der Waals surface area contributed by atoms with E-state index >= 15 is 0 Å². The molecular formula is C30H34N2O2. The van der Waals surface area contributed by atoms with Crippen LogP contribution in [0.15, 0.2) is 58.1 Å². The van der Waals surface area contributed by atoms with Gasteiger partial charge in [0.05, 0.1) is 10.4 Å². The van der Waals surface area contributed by atoms with Crippen LogP contribution in [0.4, 0.5) is 11.4 Å². The lowest BCUT2D eigenvalue weighted by molar-refractivity contribution is 0.670. The van der Waals surface area contributed by atoms with Crippen LogP contribution in [0.3, 0.4) is 0 Å². The number of para-hydroxylation sites is 2. The average Bonchev–Trinajstić information content (AvgIpc) is 3.14. The van der Waals surface area contributed by atoms with Gasteiger partial charge in [0.15, 0.2) is 0 Å². The van der Waals surface area contributed by atoms with Crippen molar-refractivity contribution in [3.8, 4) is 0 Å². The van der Waals surface area contributed by atoms with Gasteiger partial charge in [0.25, 0.3) is 0 Å². The Hall–Kier alpha value is -3.14. The summed E-state index contributed by atoms with van der Waals surface area (Å²) in [7, 11) is 0. The zero-order valence-corrected chi connectivity index (χ0v) is 21.5. The van der Waals surface area contributed by atoms with Crippen LogP contribution in [0.2, 0.25) is 0 Å². The molecule has 0 saturated carbocycles. The van der Waals surface area contributed by atoms with E-state index in [-0.39, 0.29) is 22.9 Å². The van der Waals surface area contributed by atoms with Gasteiger partial charge in [-0.1, -0.05) is 64.1 Å². The van der Waals surface area contributed by atoms with Crippen molar-refractivity contribution in [3.63, 3.8) is 0 Å². The van der Waals surface area contributed by atoms with E-state index < -0.39 is 10.8 Å². The molecule has 0 unspecified atom stereocenters. The highest BCUT2D eigenvalue weighted by molar-refractivity contribution is 5.89. The largest absolute Gasteiger partial charge is 0.341 e. The van der Waals surface area contributed by atoms with Crippen LogP contribution in [-0.4, -0.2) is 12.1 Å². The topological polar surface area (TPSA) is 40.6 Å². The van der Waals surface area contributed by atoms with Gasteiger partial charge in [-0.3, -0.25) is 9.59 Å². The minimum atomic E-state index is -0.427. The van der Waals surface area contributed by atoms with Gasteiger partial charge < -0.3 is 9.80 Å². The Morgan fingerprint density at radius 2 is 0.912 bits per heavy atom. The summed E-state index contributed by atoms with van der Waals surface area (Å²) in [6.45, 7) is 16.9. The molecular weight excluding hydrogens is 420 g/mol. The number of nitrogens with zero attached hydrogens (tertiary/aromatic N) is 2. The second kappa shape index (κ2) is 7.18. The van der Waals surface area contributed by atoms with E-state index in [2.05, 4.69) is 89.5 Å². The van der Waals surface area contributed by atoms with Gasteiger partial charge in [0.1, 0.15) is 0 Å². The lowest BCUT2D eigenvalue weighted by Crippen LogP contribution is -2.69. The zero-order valence-electron chi connectivity index (χ0n) is 21.5. The Bertz CT molecular complexity index is 1370. The van der Waals surface area contributed by atoms with Crippen molar-refractivity contribution in [1.29, 1.82) is 0 Å². The van der Waals surface area contributed by atoms with Crippen LogP contribution >= 0.6 is 0 Å². The molecule has 2 heterocycles. The number of fused-ring (bicyclic) bond motifs is 2. The monoisotopic (exact) mass is 454 g/mol. The Balaban J connectivity index is 1.89. The van der Waals surface area contributed by atoms with Crippen LogP contribution in [0.25, 0.3) is 11.4 Å². The molecule has 0 spiro atoms. The van der Waals surface area contributed by atoms with E-state index in [1.807, 2.05) is 24.3 Å². The van der Waals surface area contributed by atoms with E-state index in [0.29, 0.717) is 10.4 Å². The van der Waals surface area contributed by atoms with Gasteiger partial charge in [-0.05, 0) is 51.0 Å². The minimum Gasteiger partial charge on any atom is -0.341 e. The summed E-state index contributed by atoms with van der Waals surface area (Å²) in [5, 5.41) is 0.709. The predicted molar refractivity (Wildman–Crippen MR) is 142 cm³/mol. The molecule has 176 valence electrons. The first-order valence-electron chi connectivity index (χ1n) is 12.3. The molecule has 0 fully saturated rings. The minimum absolute atomic E-state index is 0.118. The summed E-state index contributed by atoms with van der Waals surface area (Å²) in [5.41, 5.74) is 5.08. The van der Waals surface area contributed by atoms with Gasteiger partial charge >= 0.3 is 0 Å². The quantitative estimate of drug-likeness (QED) is 0.589. The number of hydrogen-bond acceptors (Lipinski definition) is 4. The standard InChI is InChI=1S/C30H34N2O2/c1-17(2)31-21-15-11-9-13-19(21)29(5,6)27(31)23-25(33)24(26(23)34)28-30(7,8)20-14-10-12-16-22(20)32(28)18(3)4/h9-18H,1-8H3. The van der Waals surface area contributed by atoms with Crippen molar-refractivity contribution in [1.82, 2.24) is 0 Å². The van der Waals surface area contributed by atoms with Gasteiger partial charge in [-0.2, -0.15) is 0 Å². The summed E-state index contributed by atoms with van der Waals surface area (Å²) >= 11 is 0. The van der Waals surface area contributed by atoms with Gasteiger partial charge in [-0.25, -0.2) is 0 Å². The first kappa shape index (κ1) is 22.6. The fourth-order valence-corrected chi connectivity index (χ4v) is 6.29. The molecule has 34 heavy (non-hydrogen) atoms. The fraction of sp³-hybridized carbons (Fsp3) is 0.400. The zero-order chi connectivity index (χ0) is 24.7. The number of anilines is 2. The van der Waals surface area contributed by atoms with Crippen LogP contribution in [0.1, 0.15) is 66.5 Å². The second-order valence-electron chi connectivity index (χ2n) is 11.3. The maximum absolute atomic E-state index is 14.0. The summed E-state index contributed by atoms with van der Waals surface area (Å²) < 4.78 is 0. The molecule has 0 atom stereocenters. The lowest BCUT2D eigenvalue weighted by atomic mass is 9.80. The van der Waals surface area contributed by atoms with E-state index in [1.165, 1.54) is 0 Å². The summed E-state index contributed by atoms with van der Waals surface area (Å²) in [6, 6.07) is 16.8.